The number of anilines is 1. The molecule has 0 saturated carbocycles. The fraction of sp³-hybridized carbons (Fsp3) is 0.300. The van der Waals surface area contributed by atoms with E-state index in [0.717, 1.165) is 16.8 Å². The molecule has 0 aliphatic carbocycles. The summed E-state index contributed by atoms with van der Waals surface area (Å²) in [4.78, 5) is 23.5. The molecule has 2 aromatic carbocycles. The third kappa shape index (κ3) is 6.30. The molecule has 0 unspecified atom stereocenters. The SMILES string of the molecule is Cc1cccc(OCC(=O)NCc2ccc(NC(=O)C(C)C)cc2)c1. The lowest BCUT2D eigenvalue weighted by molar-refractivity contribution is -0.123. The van der Waals surface area contributed by atoms with E-state index >= 15 is 0 Å². The van der Waals surface area contributed by atoms with Crippen LogP contribution in [0.15, 0.2) is 48.5 Å². The molecule has 5 nitrogen and oxygen atoms in total. The molecular formula is C20H24N2O3. The Morgan fingerprint density at radius 2 is 1.80 bits per heavy atom. The third-order valence-corrected chi connectivity index (χ3v) is 3.59. The average Bonchev–Trinajstić information content (AvgIpc) is 2.59. The van der Waals surface area contributed by atoms with E-state index in [1.54, 1.807) is 0 Å². The number of aryl methyl sites for hydroxylation is 1. The van der Waals surface area contributed by atoms with Gasteiger partial charge in [-0.1, -0.05) is 38.1 Å². The van der Waals surface area contributed by atoms with Gasteiger partial charge < -0.3 is 15.4 Å². The van der Waals surface area contributed by atoms with Gasteiger partial charge in [0, 0.05) is 18.2 Å². The van der Waals surface area contributed by atoms with Crippen molar-refractivity contribution in [2.45, 2.75) is 27.3 Å². The number of rotatable bonds is 7. The molecule has 2 amide bonds. The van der Waals surface area contributed by atoms with Crippen LogP contribution >= 0.6 is 0 Å². The molecule has 132 valence electrons. The summed E-state index contributed by atoms with van der Waals surface area (Å²) >= 11 is 0. The van der Waals surface area contributed by atoms with E-state index < -0.39 is 0 Å². The van der Waals surface area contributed by atoms with Gasteiger partial charge in [0.2, 0.25) is 5.91 Å². The Morgan fingerprint density at radius 3 is 2.44 bits per heavy atom. The van der Waals surface area contributed by atoms with Gasteiger partial charge in [-0.15, -0.1) is 0 Å². The van der Waals surface area contributed by atoms with Crippen molar-refractivity contribution in [3.8, 4) is 5.75 Å². The second-order valence-electron chi connectivity index (χ2n) is 6.22. The minimum Gasteiger partial charge on any atom is -0.484 e. The monoisotopic (exact) mass is 340 g/mol. The summed E-state index contributed by atoms with van der Waals surface area (Å²) in [6, 6.07) is 15.0. The number of amides is 2. The fourth-order valence-corrected chi connectivity index (χ4v) is 2.10. The topological polar surface area (TPSA) is 67.4 Å². The van der Waals surface area contributed by atoms with E-state index in [4.69, 9.17) is 4.74 Å². The first-order chi connectivity index (χ1) is 11.9. The molecule has 25 heavy (non-hydrogen) atoms. The van der Waals surface area contributed by atoms with Crippen LogP contribution in [0.4, 0.5) is 5.69 Å². The minimum absolute atomic E-state index is 0.0191. The van der Waals surface area contributed by atoms with Crippen LogP contribution in [0, 0.1) is 12.8 Å². The third-order valence-electron chi connectivity index (χ3n) is 3.59. The molecule has 0 atom stereocenters. The molecule has 2 N–H and O–H groups in total. The van der Waals surface area contributed by atoms with E-state index in [1.807, 2.05) is 69.3 Å². The molecular weight excluding hydrogens is 316 g/mol. The Kier molecular flexibility index (Phi) is 6.57. The molecule has 0 fully saturated rings. The van der Waals surface area contributed by atoms with Gasteiger partial charge in [-0.25, -0.2) is 0 Å². The number of nitrogens with one attached hydrogen (secondary N) is 2. The van der Waals surface area contributed by atoms with Crippen LogP contribution in [0.1, 0.15) is 25.0 Å². The maximum absolute atomic E-state index is 11.9. The van der Waals surface area contributed by atoms with Crippen molar-refractivity contribution in [3.63, 3.8) is 0 Å². The zero-order valence-corrected chi connectivity index (χ0v) is 14.8. The van der Waals surface area contributed by atoms with E-state index in [1.165, 1.54) is 0 Å². The molecule has 0 radical (unpaired) electrons. The number of benzene rings is 2. The smallest absolute Gasteiger partial charge is 0.258 e. The first-order valence-electron chi connectivity index (χ1n) is 8.30. The lowest BCUT2D eigenvalue weighted by Crippen LogP contribution is -2.28. The second kappa shape index (κ2) is 8.87. The highest BCUT2D eigenvalue weighted by Crippen LogP contribution is 2.12. The first kappa shape index (κ1) is 18.5. The summed E-state index contributed by atoms with van der Waals surface area (Å²) in [5.74, 6) is 0.417. The summed E-state index contributed by atoms with van der Waals surface area (Å²) in [7, 11) is 0. The van der Waals surface area contributed by atoms with Crippen molar-refractivity contribution < 1.29 is 14.3 Å². The maximum atomic E-state index is 11.9. The van der Waals surface area contributed by atoms with Crippen molar-refractivity contribution in [3.05, 3.63) is 59.7 Å². The zero-order chi connectivity index (χ0) is 18.2. The second-order valence-corrected chi connectivity index (χ2v) is 6.22. The van der Waals surface area contributed by atoms with Gasteiger partial charge in [-0.3, -0.25) is 9.59 Å². The van der Waals surface area contributed by atoms with Gasteiger partial charge in [0.25, 0.3) is 5.91 Å². The zero-order valence-electron chi connectivity index (χ0n) is 14.8. The van der Waals surface area contributed by atoms with E-state index in [2.05, 4.69) is 10.6 Å². The summed E-state index contributed by atoms with van der Waals surface area (Å²) in [6.07, 6.45) is 0. The molecule has 0 spiro atoms. The Labute approximate surface area is 148 Å². The average molecular weight is 340 g/mol. The highest BCUT2D eigenvalue weighted by molar-refractivity contribution is 5.92. The van der Waals surface area contributed by atoms with Crippen LogP contribution in [-0.2, 0) is 16.1 Å². The maximum Gasteiger partial charge on any atom is 0.258 e. The number of hydrogen-bond donors (Lipinski definition) is 2. The van der Waals surface area contributed by atoms with Gasteiger partial charge in [-0.2, -0.15) is 0 Å². The van der Waals surface area contributed by atoms with Crippen LogP contribution in [0.5, 0.6) is 5.75 Å². The molecule has 0 aromatic heterocycles. The van der Waals surface area contributed by atoms with Crippen LogP contribution in [-0.4, -0.2) is 18.4 Å². The van der Waals surface area contributed by atoms with Gasteiger partial charge >= 0.3 is 0 Å². The van der Waals surface area contributed by atoms with Crippen LogP contribution < -0.4 is 15.4 Å². The standard InChI is InChI=1S/C20H24N2O3/c1-14(2)20(24)22-17-9-7-16(8-10-17)12-21-19(23)13-25-18-6-4-5-15(3)11-18/h4-11,14H,12-13H2,1-3H3,(H,21,23)(H,22,24). The highest BCUT2D eigenvalue weighted by Gasteiger charge is 2.07. The highest BCUT2D eigenvalue weighted by atomic mass is 16.5. The number of ether oxygens (including phenoxy) is 1. The molecule has 0 bridgehead atoms. The number of carbonyl (C=O) groups excluding carboxylic acids is 2. The summed E-state index contributed by atoms with van der Waals surface area (Å²) < 4.78 is 5.46. The van der Waals surface area contributed by atoms with Crippen molar-refractivity contribution in [2.75, 3.05) is 11.9 Å². The lowest BCUT2D eigenvalue weighted by atomic mass is 10.1. The molecule has 0 aliphatic rings. The summed E-state index contributed by atoms with van der Waals surface area (Å²) in [5.41, 5.74) is 2.78. The van der Waals surface area contributed by atoms with Crippen molar-refractivity contribution in [1.82, 2.24) is 5.32 Å². The van der Waals surface area contributed by atoms with Crippen LogP contribution in [0.3, 0.4) is 0 Å². The molecule has 2 rings (SSSR count). The van der Waals surface area contributed by atoms with Crippen LogP contribution in [0.2, 0.25) is 0 Å². The number of hydrogen-bond acceptors (Lipinski definition) is 3. The Morgan fingerprint density at radius 1 is 1.08 bits per heavy atom. The Balaban J connectivity index is 1.76. The normalized spacial score (nSPS) is 10.4. The van der Waals surface area contributed by atoms with Gasteiger partial charge in [0.1, 0.15) is 5.75 Å². The van der Waals surface area contributed by atoms with Crippen molar-refractivity contribution in [2.24, 2.45) is 5.92 Å². The first-order valence-corrected chi connectivity index (χ1v) is 8.30. The number of carbonyl (C=O) groups is 2. The molecule has 5 heteroatoms. The van der Waals surface area contributed by atoms with Gasteiger partial charge in [0.05, 0.1) is 0 Å². The van der Waals surface area contributed by atoms with Gasteiger partial charge in [0.15, 0.2) is 6.61 Å². The lowest BCUT2D eigenvalue weighted by Gasteiger charge is -2.10. The molecule has 2 aromatic rings. The van der Waals surface area contributed by atoms with E-state index in [-0.39, 0.29) is 24.3 Å². The van der Waals surface area contributed by atoms with Crippen molar-refractivity contribution in [1.29, 1.82) is 0 Å². The fourth-order valence-electron chi connectivity index (χ4n) is 2.10. The van der Waals surface area contributed by atoms with E-state index in [9.17, 15) is 9.59 Å². The van der Waals surface area contributed by atoms with E-state index in [0.29, 0.717) is 12.3 Å². The molecule has 0 saturated heterocycles. The molecule has 0 aliphatic heterocycles. The summed E-state index contributed by atoms with van der Waals surface area (Å²) in [5, 5.41) is 5.64. The largest absolute Gasteiger partial charge is 0.484 e. The van der Waals surface area contributed by atoms with Crippen LogP contribution in [0.25, 0.3) is 0 Å². The Bertz CT molecular complexity index is 724. The Hall–Kier alpha value is -2.82. The van der Waals surface area contributed by atoms with Crippen molar-refractivity contribution >= 4 is 17.5 Å². The quantitative estimate of drug-likeness (QED) is 0.813. The van der Waals surface area contributed by atoms with Gasteiger partial charge in [-0.05, 0) is 42.3 Å². The summed E-state index contributed by atoms with van der Waals surface area (Å²) in [6.45, 7) is 6.05. The minimum atomic E-state index is -0.182. The predicted octanol–water partition coefficient (Wildman–Crippen LogP) is 3.28. The predicted molar refractivity (Wildman–Crippen MR) is 98.4 cm³/mol. The molecule has 0 heterocycles.